The molecule has 2 aliphatic rings. The summed E-state index contributed by atoms with van der Waals surface area (Å²) in [4.78, 5) is 2.36. The molecule has 3 rings (SSSR count). The first-order valence-corrected chi connectivity index (χ1v) is 8.40. The minimum atomic E-state index is 0.181. The lowest BCUT2D eigenvalue weighted by Crippen LogP contribution is -2.34. The minimum Gasteiger partial charge on any atom is -0.372 e. The third-order valence-electron chi connectivity index (χ3n) is 4.86. The Bertz CT molecular complexity index is 511. The largest absolute Gasteiger partial charge is 0.372 e. The first kappa shape index (κ1) is 15.7. The van der Waals surface area contributed by atoms with Gasteiger partial charge in [0.2, 0.25) is 0 Å². The molecule has 1 fully saturated rings. The highest BCUT2D eigenvalue weighted by Gasteiger charge is 2.29. The van der Waals surface area contributed by atoms with Crippen molar-refractivity contribution in [3.8, 4) is 0 Å². The molecule has 0 saturated carbocycles. The van der Waals surface area contributed by atoms with Crippen molar-refractivity contribution in [2.24, 2.45) is 13.0 Å². The second kappa shape index (κ2) is 7.40. The molecule has 1 saturated heterocycles. The molecule has 2 aliphatic heterocycles. The molecule has 2 atom stereocenters. The standard InChI is InChI=1S/C17H28N4O/c1-20-9-6-14(7-10-20)12-18-13-15-4-3-11-22-17(15)16-5-8-19-21(16)2/h5-6,8,15,17-18H,3-4,7,9-13H2,1-2H3/t15-,17+/m0/s1. The zero-order valence-electron chi connectivity index (χ0n) is 13.8. The first-order chi connectivity index (χ1) is 10.7. The van der Waals surface area contributed by atoms with E-state index in [4.69, 9.17) is 4.74 Å². The van der Waals surface area contributed by atoms with Gasteiger partial charge in [0, 0.05) is 51.9 Å². The summed E-state index contributed by atoms with van der Waals surface area (Å²) in [6.45, 7) is 5.16. The Kier molecular flexibility index (Phi) is 5.28. The molecule has 5 nitrogen and oxygen atoms in total. The Balaban J connectivity index is 1.53. The first-order valence-electron chi connectivity index (χ1n) is 8.40. The zero-order chi connectivity index (χ0) is 15.4. The lowest BCUT2D eigenvalue weighted by molar-refractivity contribution is -0.0320. The molecule has 0 amide bonds. The third-order valence-corrected chi connectivity index (χ3v) is 4.86. The van der Waals surface area contributed by atoms with Crippen molar-refractivity contribution >= 4 is 0 Å². The van der Waals surface area contributed by atoms with E-state index in [1.165, 1.54) is 25.1 Å². The van der Waals surface area contributed by atoms with Crippen LogP contribution in [0.1, 0.15) is 31.1 Å². The topological polar surface area (TPSA) is 42.3 Å². The zero-order valence-corrected chi connectivity index (χ0v) is 13.8. The summed E-state index contributed by atoms with van der Waals surface area (Å²) in [5.74, 6) is 0.538. The summed E-state index contributed by atoms with van der Waals surface area (Å²) < 4.78 is 8.00. The number of ether oxygens (including phenoxy) is 1. The van der Waals surface area contributed by atoms with Crippen molar-refractivity contribution in [1.29, 1.82) is 0 Å². The van der Waals surface area contributed by atoms with Crippen LogP contribution in [0, 0.1) is 5.92 Å². The molecule has 22 heavy (non-hydrogen) atoms. The van der Waals surface area contributed by atoms with Crippen LogP contribution >= 0.6 is 0 Å². The predicted molar refractivity (Wildman–Crippen MR) is 87.7 cm³/mol. The predicted octanol–water partition coefficient (Wildman–Crippen LogP) is 1.74. The summed E-state index contributed by atoms with van der Waals surface area (Å²) in [6, 6.07) is 2.09. The molecule has 0 aliphatic carbocycles. The fraction of sp³-hybridized carbons (Fsp3) is 0.706. The molecule has 0 bridgehead atoms. The Morgan fingerprint density at radius 2 is 2.32 bits per heavy atom. The summed E-state index contributed by atoms with van der Waals surface area (Å²) in [6.07, 6.45) is 7.99. The molecule has 0 radical (unpaired) electrons. The second-order valence-electron chi connectivity index (χ2n) is 6.58. The lowest BCUT2D eigenvalue weighted by Gasteiger charge is -2.32. The van der Waals surface area contributed by atoms with Crippen molar-refractivity contribution < 1.29 is 4.74 Å². The van der Waals surface area contributed by atoms with Crippen LogP contribution in [-0.4, -0.2) is 54.5 Å². The number of nitrogens with one attached hydrogen (secondary N) is 1. The maximum Gasteiger partial charge on any atom is 0.103 e. The van der Waals surface area contributed by atoms with Crippen LogP contribution in [0.25, 0.3) is 0 Å². The molecule has 1 N–H and O–H groups in total. The van der Waals surface area contributed by atoms with Gasteiger partial charge < -0.3 is 15.0 Å². The summed E-state index contributed by atoms with van der Waals surface area (Å²) >= 11 is 0. The van der Waals surface area contributed by atoms with Gasteiger partial charge in [0.1, 0.15) is 6.10 Å². The van der Waals surface area contributed by atoms with Crippen LogP contribution in [0.15, 0.2) is 23.9 Å². The van der Waals surface area contributed by atoms with Crippen LogP contribution in [-0.2, 0) is 11.8 Å². The van der Waals surface area contributed by atoms with Gasteiger partial charge in [0.05, 0.1) is 5.69 Å². The Labute approximate surface area is 133 Å². The van der Waals surface area contributed by atoms with Gasteiger partial charge in [0.15, 0.2) is 0 Å². The number of nitrogens with zero attached hydrogens (tertiary/aromatic N) is 3. The maximum absolute atomic E-state index is 6.05. The van der Waals surface area contributed by atoms with Gasteiger partial charge in [0.25, 0.3) is 0 Å². The van der Waals surface area contributed by atoms with Crippen molar-refractivity contribution in [2.75, 3.05) is 39.8 Å². The Morgan fingerprint density at radius 1 is 1.41 bits per heavy atom. The fourth-order valence-corrected chi connectivity index (χ4v) is 3.43. The number of hydrogen-bond acceptors (Lipinski definition) is 4. The van der Waals surface area contributed by atoms with E-state index in [2.05, 4.69) is 34.5 Å². The van der Waals surface area contributed by atoms with E-state index in [0.29, 0.717) is 5.92 Å². The molecular formula is C17H28N4O. The van der Waals surface area contributed by atoms with Crippen LogP contribution < -0.4 is 5.32 Å². The number of hydrogen-bond donors (Lipinski definition) is 1. The molecule has 0 spiro atoms. The SMILES string of the molecule is CN1CC=C(CNC[C@@H]2CCCO[C@H]2c2ccnn2C)CC1. The molecule has 3 heterocycles. The fourth-order valence-electron chi connectivity index (χ4n) is 3.43. The highest BCUT2D eigenvalue weighted by molar-refractivity contribution is 5.10. The van der Waals surface area contributed by atoms with Gasteiger partial charge in [-0.3, -0.25) is 4.68 Å². The lowest BCUT2D eigenvalue weighted by atomic mass is 9.92. The minimum absolute atomic E-state index is 0.181. The van der Waals surface area contributed by atoms with Gasteiger partial charge in [-0.1, -0.05) is 11.6 Å². The molecule has 0 aromatic carbocycles. The normalized spacial score (nSPS) is 26.9. The van der Waals surface area contributed by atoms with Crippen LogP contribution in [0.4, 0.5) is 0 Å². The quantitative estimate of drug-likeness (QED) is 0.842. The highest BCUT2D eigenvalue weighted by Crippen LogP contribution is 2.32. The second-order valence-corrected chi connectivity index (χ2v) is 6.58. The van der Waals surface area contributed by atoms with Crippen molar-refractivity contribution in [2.45, 2.75) is 25.4 Å². The van der Waals surface area contributed by atoms with Crippen LogP contribution in [0.2, 0.25) is 0 Å². The van der Waals surface area contributed by atoms with Gasteiger partial charge in [-0.2, -0.15) is 5.10 Å². The highest BCUT2D eigenvalue weighted by atomic mass is 16.5. The average molecular weight is 304 g/mol. The number of aromatic nitrogens is 2. The molecule has 0 unspecified atom stereocenters. The van der Waals surface area contributed by atoms with E-state index < -0.39 is 0 Å². The summed E-state index contributed by atoms with van der Waals surface area (Å²) in [7, 11) is 4.18. The van der Waals surface area contributed by atoms with Gasteiger partial charge >= 0.3 is 0 Å². The third kappa shape index (κ3) is 3.77. The molecular weight excluding hydrogens is 276 g/mol. The van der Waals surface area contributed by atoms with Gasteiger partial charge in [-0.15, -0.1) is 0 Å². The summed E-state index contributed by atoms with van der Waals surface area (Å²) in [5, 5.41) is 7.94. The van der Waals surface area contributed by atoms with E-state index in [1.807, 2.05) is 17.9 Å². The Hall–Kier alpha value is -1.17. The van der Waals surface area contributed by atoms with E-state index >= 15 is 0 Å². The van der Waals surface area contributed by atoms with Crippen molar-refractivity contribution in [3.63, 3.8) is 0 Å². The van der Waals surface area contributed by atoms with Crippen LogP contribution in [0.3, 0.4) is 0 Å². The van der Waals surface area contributed by atoms with Crippen molar-refractivity contribution in [3.05, 3.63) is 29.6 Å². The molecule has 1 aromatic rings. The molecule has 122 valence electrons. The van der Waals surface area contributed by atoms with E-state index in [1.54, 1.807) is 5.57 Å². The van der Waals surface area contributed by atoms with Crippen molar-refractivity contribution in [1.82, 2.24) is 20.0 Å². The smallest absolute Gasteiger partial charge is 0.103 e. The van der Waals surface area contributed by atoms with Crippen LogP contribution in [0.5, 0.6) is 0 Å². The summed E-state index contributed by atoms with van der Waals surface area (Å²) in [5.41, 5.74) is 2.75. The molecule has 5 heteroatoms. The van der Waals surface area contributed by atoms with E-state index in [9.17, 15) is 0 Å². The van der Waals surface area contributed by atoms with Gasteiger partial charge in [-0.25, -0.2) is 0 Å². The monoisotopic (exact) mass is 304 g/mol. The van der Waals surface area contributed by atoms with E-state index in [0.717, 1.165) is 32.7 Å². The molecule has 1 aromatic heterocycles. The number of aryl methyl sites for hydroxylation is 1. The number of likely N-dealkylation sites (N-methyl/N-ethyl adjacent to an activating group) is 1. The maximum atomic E-state index is 6.05. The Morgan fingerprint density at radius 3 is 3.05 bits per heavy atom. The van der Waals surface area contributed by atoms with E-state index in [-0.39, 0.29) is 6.10 Å². The number of rotatable bonds is 5. The average Bonchev–Trinajstić information content (AvgIpc) is 2.96. The van der Waals surface area contributed by atoms with Gasteiger partial charge in [-0.05, 0) is 32.4 Å².